The predicted molar refractivity (Wildman–Crippen MR) is 71.1 cm³/mol. The van der Waals surface area contributed by atoms with E-state index in [1.807, 2.05) is 5.43 Å². The van der Waals surface area contributed by atoms with Crippen molar-refractivity contribution in [2.75, 3.05) is 0 Å². The highest BCUT2D eigenvalue weighted by atomic mass is 16.6. The first kappa shape index (κ1) is 13.3. The number of urea groups is 1. The fourth-order valence-corrected chi connectivity index (χ4v) is 1.57. The van der Waals surface area contributed by atoms with Crippen LogP contribution in [0.3, 0.4) is 0 Å². The van der Waals surface area contributed by atoms with Crippen molar-refractivity contribution >= 4 is 17.9 Å². The van der Waals surface area contributed by atoms with Crippen molar-refractivity contribution in [1.82, 2.24) is 5.43 Å². The zero-order chi connectivity index (χ0) is 14.5. The van der Waals surface area contributed by atoms with Crippen molar-refractivity contribution in [1.29, 1.82) is 0 Å². The molecule has 0 atom stereocenters. The molecule has 0 unspecified atom stereocenters. The van der Waals surface area contributed by atoms with Crippen molar-refractivity contribution < 1.29 is 14.1 Å². The molecule has 0 aliphatic heterocycles. The van der Waals surface area contributed by atoms with Crippen LogP contribution in [0.2, 0.25) is 0 Å². The van der Waals surface area contributed by atoms with Gasteiger partial charge in [0.25, 0.3) is 5.69 Å². The number of hydrazone groups is 1. The van der Waals surface area contributed by atoms with Crippen LogP contribution in [0, 0.1) is 10.1 Å². The molecule has 0 aliphatic carbocycles. The number of amides is 2. The maximum atomic E-state index is 10.9. The van der Waals surface area contributed by atoms with E-state index in [0.717, 1.165) is 0 Å². The van der Waals surface area contributed by atoms with Gasteiger partial charge in [-0.3, -0.25) is 10.1 Å². The van der Waals surface area contributed by atoms with E-state index in [2.05, 4.69) is 5.10 Å². The second-order valence-electron chi connectivity index (χ2n) is 3.71. The number of hydrogen-bond acceptors (Lipinski definition) is 5. The molecule has 0 aliphatic rings. The number of nitrogens with zero attached hydrogens (tertiary/aromatic N) is 2. The third-order valence-corrected chi connectivity index (χ3v) is 2.36. The molecule has 20 heavy (non-hydrogen) atoms. The van der Waals surface area contributed by atoms with Gasteiger partial charge in [0.15, 0.2) is 0 Å². The molecule has 0 fully saturated rings. The first-order chi connectivity index (χ1) is 9.58. The van der Waals surface area contributed by atoms with E-state index in [4.69, 9.17) is 10.2 Å². The number of furan rings is 1. The predicted octanol–water partition coefficient (Wildman–Crippen LogP) is 1.86. The van der Waals surface area contributed by atoms with Crippen molar-refractivity contribution in [3.63, 3.8) is 0 Å². The van der Waals surface area contributed by atoms with Gasteiger partial charge < -0.3 is 10.2 Å². The molecular formula is C12H10N4O4. The summed E-state index contributed by atoms with van der Waals surface area (Å²) in [5.74, 6) is 0.657. The molecule has 1 heterocycles. The molecule has 0 saturated carbocycles. The van der Waals surface area contributed by atoms with Crippen LogP contribution in [0.5, 0.6) is 0 Å². The molecule has 0 bridgehead atoms. The van der Waals surface area contributed by atoms with Gasteiger partial charge in [-0.1, -0.05) is 12.1 Å². The molecule has 2 rings (SSSR count). The molecule has 1 aromatic carbocycles. The lowest BCUT2D eigenvalue weighted by atomic mass is 10.1. The normalized spacial score (nSPS) is 10.6. The molecule has 2 amide bonds. The molecule has 1 aromatic heterocycles. The van der Waals surface area contributed by atoms with Gasteiger partial charge in [0, 0.05) is 6.07 Å². The molecule has 8 nitrogen and oxygen atoms in total. The minimum atomic E-state index is -0.799. The number of rotatable bonds is 4. The Morgan fingerprint density at radius 1 is 1.35 bits per heavy atom. The van der Waals surface area contributed by atoms with Gasteiger partial charge >= 0.3 is 6.03 Å². The van der Waals surface area contributed by atoms with Gasteiger partial charge in [-0.15, -0.1) is 0 Å². The summed E-state index contributed by atoms with van der Waals surface area (Å²) in [6, 6.07) is 8.56. The molecular weight excluding hydrogens is 264 g/mol. The van der Waals surface area contributed by atoms with Crippen molar-refractivity contribution in [3.05, 3.63) is 52.3 Å². The van der Waals surface area contributed by atoms with E-state index in [1.54, 1.807) is 30.3 Å². The van der Waals surface area contributed by atoms with Gasteiger partial charge in [-0.25, -0.2) is 10.2 Å². The van der Waals surface area contributed by atoms with Crippen molar-refractivity contribution in [2.24, 2.45) is 10.8 Å². The van der Waals surface area contributed by atoms with Crippen LogP contribution in [-0.2, 0) is 0 Å². The van der Waals surface area contributed by atoms with E-state index in [9.17, 15) is 14.9 Å². The Labute approximate surface area is 113 Å². The maximum absolute atomic E-state index is 10.9. The van der Waals surface area contributed by atoms with Crippen LogP contribution < -0.4 is 11.2 Å². The Morgan fingerprint density at radius 2 is 2.10 bits per heavy atom. The molecule has 3 N–H and O–H groups in total. The molecule has 0 radical (unpaired) electrons. The van der Waals surface area contributed by atoms with Crippen molar-refractivity contribution in [2.45, 2.75) is 0 Å². The Balaban J connectivity index is 2.27. The number of primary amides is 1. The highest BCUT2D eigenvalue weighted by Gasteiger charge is 2.16. The fraction of sp³-hybridized carbons (Fsp3) is 0. The number of nitrogens with one attached hydrogen (secondary N) is 1. The van der Waals surface area contributed by atoms with Crippen LogP contribution in [0.25, 0.3) is 11.3 Å². The third-order valence-electron chi connectivity index (χ3n) is 2.36. The number of carbonyl (C=O) groups excluding carboxylic acids is 1. The fourth-order valence-electron chi connectivity index (χ4n) is 1.57. The van der Waals surface area contributed by atoms with Gasteiger partial charge in [0.2, 0.25) is 0 Å². The summed E-state index contributed by atoms with van der Waals surface area (Å²) >= 11 is 0. The molecule has 8 heteroatoms. The number of nitrogens with two attached hydrogens (primary N) is 1. The Hall–Kier alpha value is -3.16. The molecule has 102 valence electrons. The van der Waals surface area contributed by atoms with Crippen LogP contribution in [0.15, 0.2) is 45.9 Å². The Morgan fingerprint density at radius 3 is 2.80 bits per heavy atom. The van der Waals surface area contributed by atoms with E-state index < -0.39 is 11.0 Å². The van der Waals surface area contributed by atoms with Crippen LogP contribution in [0.1, 0.15) is 5.76 Å². The molecule has 2 aromatic rings. The highest BCUT2D eigenvalue weighted by Crippen LogP contribution is 2.30. The summed E-state index contributed by atoms with van der Waals surface area (Å²) < 4.78 is 5.40. The lowest BCUT2D eigenvalue weighted by molar-refractivity contribution is -0.384. The minimum Gasteiger partial charge on any atom is -0.455 e. The topological polar surface area (TPSA) is 124 Å². The van der Waals surface area contributed by atoms with E-state index in [1.165, 1.54) is 12.3 Å². The second kappa shape index (κ2) is 5.65. The summed E-state index contributed by atoms with van der Waals surface area (Å²) in [4.78, 5) is 20.9. The number of hydrogen-bond donors (Lipinski definition) is 2. The van der Waals surface area contributed by atoms with Crippen LogP contribution >= 0.6 is 0 Å². The monoisotopic (exact) mass is 274 g/mol. The number of para-hydroxylation sites is 1. The summed E-state index contributed by atoms with van der Waals surface area (Å²) in [7, 11) is 0. The number of carbonyl (C=O) groups is 1. The summed E-state index contributed by atoms with van der Waals surface area (Å²) in [6.45, 7) is 0. The van der Waals surface area contributed by atoms with Gasteiger partial charge in [-0.2, -0.15) is 5.10 Å². The molecule has 0 spiro atoms. The standard InChI is InChI=1S/C12H10N4O4/c13-12(17)15-14-7-8-5-6-11(20-8)9-3-1-2-4-10(9)16(18)19/h1-7H,(H3,13,15,17)/b14-7-. The van der Waals surface area contributed by atoms with E-state index in [-0.39, 0.29) is 5.69 Å². The lowest BCUT2D eigenvalue weighted by Gasteiger charge is -1.98. The SMILES string of the molecule is NC(=O)N/N=C\c1ccc(-c2ccccc2[N+](=O)[O-])o1. The summed E-state index contributed by atoms with van der Waals surface area (Å²) in [5.41, 5.74) is 7.16. The number of benzene rings is 1. The Bertz CT molecular complexity index is 678. The smallest absolute Gasteiger partial charge is 0.332 e. The Kier molecular flexibility index (Phi) is 3.75. The van der Waals surface area contributed by atoms with E-state index >= 15 is 0 Å². The average molecular weight is 274 g/mol. The minimum absolute atomic E-state index is 0.0550. The number of nitro groups is 1. The van der Waals surface area contributed by atoms with E-state index in [0.29, 0.717) is 17.1 Å². The largest absolute Gasteiger partial charge is 0.455 e. The summed E-state index contributed by atoms with van der Waals surface area (Å²) in [5, 5.41) is 14.5. The van der Waals surface area contributed by atoms with Crippen LogP contribution in [-0.4, -0.2) is 17.2 Å². The second-order valence-corrected chi connectivity index (χ2v) is 3.71. The van der Waals surface area contributed by atoms with Gasteiger partial charge in [0.1, 0.15) is 11.5 Å². The average Bonchev–Trinajstić information content (AvgIpc) is 2.87. The third kappa shape index (κ3) is 2.99. The highest BCUT2D eigenvalue weighted by molar-refractivity contribution is 5.80. The zero-order valence-electron chi connectivity index (χ0n) is 10.1. The number of nitro benzene ring substituents is 1. The first-order valence-electron chi connectivity index (χ1n) is 5.50. The molecule has 0 saturated heterocycles. The quantitative estimate of drug-likeness (QED) is 0.501. The lowest BCUT2D eigenvalue weighted by Crippen LogP contribution is -2.24. The van der Waals surface area contributed by atoms with Crippen molar-refractivity contribution in [3.8, 4) is 11.3 Å². The van der Waals surface area contributed by atoms with Crippen LogP contribution in [0.4, 0.5) is 10.5 Å². The first-order valence-corrected chi connectivity index (χ1v) is 5.50. The zero-order valence-corrected chi connectivity index (χ0v) is 10.1. The van der Waals surface area contributed by atoms with Gasteiger partial charge in [0.05, 0.1) is 16.7 Å². The maximum Gasteiger partial charge on any atom is 0.332 e. The summed E-state index contributed by atoms with van der Waals surface area (Å²) in [6.07, 6.45) is 1.24. The van der Waals surface area contributed by atoms with Gasteiger partial charge in [-0.05, 0) is 18.2 Å².